The molecule has 1 saturated heterocycles. The van der Waals surface area contributed by atoms with Gasteiger partial charge in [0.05, 0.1) is 6.61 Å². The molecule has 0 aliphatic carbocycles. The van der Waals surface area contributed by atoms with E-state index in [2.05, 4.69) is 6.92 Å². The van der Waals surface area contributed by atoms with Gasteiger partial charge in [0.1, 0.15) is 0 Å². The minimum atomic E-state index is 0.231. The predicted octanol–water partition coefficient (Wildman–Crippen LogP) is -0.419. The Hall–Kier alpha value is -0.120. The highest BCUT2D eigenvalue weighted by Gasteiger charge is 2.17. The normalized spacial score (nSPS) is 31.5. The van der Waals surface area contributed by atoms with E-state index in [1.165, 1.54) is 0 Å². The smallest absolute Gasteiger partial charge is 0.0849 e. The fraction of sp³-hybridized carbons (Fsp3) is 1.00. The molecular weight excluding hydrogens is 104 g/mol. The van der Waals surface area contributed by atoms with E-state index in [9.17, 15) is 0 Å². The molecule has 1 aliphatic heterocycles. The van der Waals surface area contributed by atoms with Crippen molar-refractivity contribution < 1.29 is 4.84 Å². The lowest BCUT2D eigenvalue weighted by Crippen LogP contribution is -2.26. The Kier molecular flexibility index (Phi) is 1.83. The third-order valence-corrected chi connectivity index (χ3v) is 1.26. The Balaban J connectivity index is 2.22. The van der Waals surface area contributed by atoms with E-state index in [1.54, 1.807) is 0 Å². The Morgan fingerprint density at radius 3 is 2.88 bits per heavy atom. The van der Waals surface area contributed by atoms with Crippen LogP contribution in [0.15, 0.2) is 0 Å². The summed E-state index contributed by atoms with van der Waals surface area (Å²) in [6, 6.07) is 0.231. The summed E-state index contributed by atoms with van der Waals surface area (Å²) in [7, 11) is 0. The van der Waals surface area contributed by atoms with Gasteiger partial charge in [-0.1, -0.05) is 6.92 Å². The average Bonchev–Trinajstić information content (AvgIpc) is 2.14. The predicted molar refractivity (Wildman–Crippen MR) is 31.2 cm³/mol. The van der Waals surface area contributed by atoms with Crippen LogP contribution < -0.4 is 5.73 Å². The summed E-state index contributed by atoms with van der Waals surface area (Å²) in [5, 5.41) is 1.88. The molecule has 8 heavy (non-hydrogen) atoms. The molecule has 48 valence electrons. The Morgan fingerprint density at radius 2 is 2.62 bits per heavy atom. The third kappa shape index (κ3) is 1.18. The molecule has 0 amide bonds. The van der Waals surface area contributed by atoms with Gasteiger partial charge in [-0.2, -0.15) is 5.06 Å². The molecule has 3 nitrogen and oxygen atoms in total. The standard InChI is InChI=1S/C5H12N2O/c1-2-7-3-5(6)4-8-7/h5H,2-4,6H2,1H3/t5-/m0/s1. The van der Waals surface area contributed by atoms with Crippen molar-refractivity contribution in [2.45, 2.75) is 13.0 Å². The largest absolute Gasteiger partial charge is 0.325 e. The fourth-order valence-corrected chi connectivity index (χ4v) is 0.789. The number of hydroxylamine groups is 2. The van der Waals surface area contributed by atoms with Gasteiger partial charge in [-0.15, -0.1) is 0 Å². The van der Waals surface area contributed by atoms with Gasteiger partial charge in [0.2, 0.25) is 0 Å². The highest BCUT2D eigenvalue weighted by Crippen LogP contribution is 2.00. The maximum Gasteiger partial charge on any atom is 0.0849 e. The lowest BCUT2D eigenvalue weighted by atomic mass is 10.3. The number of hydrogen-bond acceptors (Lipinski definition) is 3. The number of nitrogens with zero attached hydrogens (tertiary/aromatic N) is 1. The molecule has 1 rings (SSSR count). The van der Waals surface area contributed by atoms with Gasteiger partial charge in [-0.3, -0.25) is 4.84 Å². The van der Waals surface area contributed by atoms with Crippen LogP contribution in [0.2, 0.25) is 0 Å². The summed E-state index contributed by atoms with van der Waals surface area (Å²) in [6.07, 6.45) is 0. The Bertz CT molecular complexity index is 76.8. The molecule has 0 radical (unpaired) electrons. The van der Waals surface area contributed by atoms with Crippen LogP contribution in [0.1, 0.15) is 6.92 Å². The zero-order valence-corrected chi connectivity index (χ0v) is 5.13. The van der Waals surface area contributed by atoms with Crippen molar-refractivity contribution in [1.29, 1.82) is 0 Å². The van der Waals surface area contributed by atoms with E-state index in [0.717, 1.165) is 13.1 Å². The van der Waals surface area contributed by atoms with E-state index in [0.29, 0.717) is 6.61 Å². The molecule has 1 atom stereocenters. The molecule has 1 aliphatic rings. The zero-order chi connectivity index (χ0) is 5.98. The number of rotatable bonds is 1. The van der Waals surface area contributed by atoms with Crippen molar-refractivity contribution in [1.82, 2.24) is 5.06 Å². The van der Waals surface area contributed by atoms with Crippen LogP contribution in [0.5, 0.6) is 0 Å². The number of likely N-dealkylation sites (N-methyl/N-ethyl adjacent to an activating group) is 1. The summed E-state index contributed by atoms with van der Waals surface area (Å²) in [4.78, 5) is 5.12. The molecular formula is C5H12N2O. The van der Waals surface area contributed by atoms with Crippen LogP contribution in [0.4, 0.5) is 0 Å². The lowest BCUT2D eigenvalue weighted by Gasteiger charge is -2.07. The quantitative estimate of drug-likeness (QED) is 0.505. The van der Waals surface area contributed by atoms with E-state index >= 15 is 0 Å². The van der Waals surface area contributed by atoms with Crippen LogP contribution in [0, 0.1) is 0 Å². The van der Waals surface area contributed by atoms with Crippen LogP contribution in [-0.4, -0.2) is 30.8 Å². The molecule has 0 spiro atoms. The van der Waals surface area contributed by atoms with Crippen molar-refractivity contribution in [3.8, 4) is 0 Å². The summed E-state index contributed by atoms with van der Waals surface area (Å²) >= 11 is 0. The summed E-state index contributed by atoms with van der Waals surface area (Å²) < 4.78 is 0. The van der Waals surface area contributed by atoms with Crippen molar-refractivity contribution >= 4 is 0 Å². The highest BCUT2D eigenvalue weighted by atomic mass is 16.7. The van der Waals surface area contributed by atoms with Crippen LogP contribution in [0.3, 0.4) is 0 Å². The minimum Gasteiger partial charge on any atom is -0.325 e. The third-order valence-electron chi connectivity index (χ3n) is 1.26. The van der Waals surface area contributed by atoms with E-state index < -0.39 is 0 Å². The minimum absolute atomic E-state index is 0.231. The number of hydrogen-bond donors (Lipinski definition) is 1. The van der Waals surface area contributed by atoms with Gasteiger partial charge in [0.15, 0.2) is 0 Å². The van der Waals surface area contributed by atoms with Gasteiger partial charge in [0.25, 0.3) is 0 Å². The second kappa shape index (κ2) is 2.44. The maximum atomic E-state index is 5.53. The summed E-state index contributed by atoms with van der Waals surface area (Å²) in [5.41, 5.74) is 5.53. The average molecular weight is 116 g/mol. The topological polar surface area (TPSA) is 38.5 Å². The molecule has 1 heterocycles. The molecule has 0 unspecified atom stereocenters. The summed E-state index contributed by atoms with van der Waals surface area (Å²) in [5.74, 6) is 0. The van der Waals surface area contributed by atoms with E-state index in [4.69, 9.17) is 10.6 Å². The van der Waals surface area contributed by atoms with Crippen molar-refractivity contribution in [3.63, 3.8) is 0 Å². The van der Waals surface area contributed by atoms with Gasteiger partial charge < -0.3 is 5.73 Å². The van der Waals surface area contributed by atoms with Crippen molar-refractivity contribution in [2.24, 2.45) is 5.73 Å². The summed E-state index contributed by atoms with van der Waals surface area (Å²) in [6.45, 7) is 4.57. The first-order valence-corrected chi connectivity index (χ1v) is 2.96. The second-order valence-electron chi connectivity index (χ2n) is 2.04. The second-order valence-corrected chi connectivity index (χ2v) is 2.04. The Morgan fingerprint density at radius 1 is 1.88 bits per heavy atom. The number of nitrogens with two attached hydrogens (primary N) is 1. The SMILES string of the molecule is CCN1C[C@H](N)CO1. The molecule has 0 aromatic carbocycles. The first kappa shape index (κ1) is 6.01. The van der Waals surface area contributed by atoms with Gasteiger partial charge in [0, 0.05) is 19.1 Å². The molecule has 0 bridgehead atoms. The van der Waals surface area contributed by atoms with Crippen molar-refractivity contribution in [3.05, 3.63) is 0 Å². The van der Waals surface area contributed by atoms with Gasteiger partial charge in [-0.25, -0.2) is 0 Å². The zero-order valence-electron chi connectivity index (χ0n) is 5.13. The molecule has 0 saturated carbocycles. The molecule has 0 aromatic heterocycles. The van der Waals surface area contributed by atoms with Crippen LogP contribution in [-0.2, 0) is 4.84 Å². The van der Waals surface area contributed by atoms with Gasteiger partial charge >= 0.3 is 0 Å². The van der Waals surface area contributed by atoms with Crippen LogP contribution >= 0.6 is 0 Å². The molecule has 1 fully saturated rings. The molecule has 3 heteroatoms. The highest BCUT2D eigenvalue weighted by molar-refractivity contribution is 4.67. The first-order valence-electron chi connectivity index (χ1n) is 2.96. The fourth-order valence-electron chi connectivity index (χ4n) is 0.789. The Labute approximate surface area is 49.4 Å². The van der Waals surface area contributed by atoms with Gasteiger partial charge in [-0.05, 0) is 0 Å². The lowest BCUT2D eigenvalue weighted by molar-refractivity contribution is -0.105. The van der Waals surface area contributed by atoms with E-state index in [1.807, 2.05) is 5.06 Å². The van der Waals surface area contributed by atoms with Crippen LogP contribution in [0.25, 0.3) is 0 Å². The van der Waals surface area contributed by atoms with Crippen molar-refractivity contribution in [2.75, 3.05) is 19.7 Å². The maximum absolute atomic E-state index is 5.53. The monoisotopic (exact) mass is 116 g/mol. The van der Waals surface area contributed by atoms with E-state index in [-0.39, 0.29) is 6.04 Å². The first-order chi connectivity index (χ1) is 3.83. The molecule has 0 aromatic rings. The molecule has 2 N–H and O–H groups in total.